The maximum Gasteiger partial charge on any atom is 0.319 e. The summed E-state index contributed by atoms with van der Waals surface area (Å²) in [5, 5.41) is 8.27. The monoisotopic (exact) mass is 163 g/mol. The fraction of sp³-hybridized carbons (Fsp3) is 0.833. The molecule has 0 radical (unpaired) electrons. The Morgan fingerprint density at radius 2 is 2.09 bits per heavy atom. The van der Waals surface area contributed by atoms with Crippen molar-refractivity contribution >= 4 is 5.97 Å². The van der Waals surface area contributed by atoms with Gasteiger partial charge in [-0.3, -0.25) is 4.79 Å². The summed E-state index contributed by atoms with van der Waals surface area (Å²) in [5.41, 5.74) is 4.96. The van der Waals surface area contributed by atoms with Gasteiger partial charge in [0, 0.05) is 0 Å². The van der Waals surface area contributed by atoms with Gasteiger partial charge in [0.2, 0.25) is 0 Å². The molecule has 0 heterocycles. The molecule has 0 aromatic carbocycles. The van der Waals surface area contributed by atoms with E-state index in [2.05, 4.69) is 4.74 Å². The van der Waals surface area contributed by atoms with Gasteiger partial charge in [0.25, 0.3) is 0 Å². The second-order valence-corrected chi connectivity index (χ2v) is 1.76. The zero-order valence-electron chi connectivity index (χ0n) is 6.28. The molecule has 0 amide bonds. The lowest BCUT2D eigenvalue weighted by Gasteiger charge is -2.02. The number of ether oxygens (including phenoxy) is 2. The highest BCUT2D eigenvalue weighted by Gasteiger charge is 1.96. The summed E-state index contributed by atoms with van der Waals surface area (Å²) in [6.45, 7) is 0.618. The molecule has 0 rings (SSSR count). The van der Waals surface area contributed by atoms with Crippen LogP contribution in [0.15, 0.2) is 0 Å². The molecule has 11 heavy (non-hydrogen) atoms. The molecule has 0 saturated heterocycles. The van der Waals surface area contributed by atoms with Crippen LogP contribution in [0.3, 0.4) is 0 Å². The highest BCUT2D eigenvalue weighted by atomic mass is 16.6. The average Bonchev–Trinajstić information content (AvgIpc) is 2.04. The number of aliphatic hydroxyl groups is 1. The number of nitrogens with two attached hydrogens (primary N) is 1. The Hall–Kier alpha value is -0.650. The molecule has 0 aromatic heterocycles. The molecule has 0 saturated carbocycles. The fourth-order valence-corrected chi connectivity index (χ4v) is 0.440. The molecule has 66 valence electrons. The summed E-state index contributed by atoms with van der Waals surface area (Å²) in [6.07, 6.45) is 0. The predicted octanol–water partition coefficient (Wildman–Crippen LogP) is -1.50. The van der Waals surface area contributed by atoms with E-state index in [9.17, 15) is 4.79 Å². The zero-order valence-corrected chi connectivity index (χ0v) is 6.28. The third-order valence-electron chi connectivity index (χ3n) is 0.893. The maximum atomic E-state index is 10.4. The Morgan fingerprint density at radius 1 is 1.36 bits per heavy atom. The topological polar surface area (TPSA) is 81.8 Å². The summed E-state index contributed by atoms with van der Waals surface area (Å²) < 4.78 is 9.38. The van der Waals surface area contributed by atoms with E-state index in [4.69, 9.17) is 15.6 Å². The van der Waals surface area contributed by atoms with E-state index in [-0.39, 0.29) is 26.4 Å². The van der Waals surface area contributed by atoms with Crippen molar-refractivity contribution in [1.29, 1.82) is 0 Å². The molecule has 0 fully saturated rings. The van der Waals surface area contributed by atoms with Crippen molar-refractivity contribution in [3.63, 3.8) is 0 Å². The van der Waals surface area contributed by atoms with E-state index in [0.717, 1.165) is 0 Å². The van der Waals surface area contributed by atoms with Crippen LogP contribution in [-0.4, -0.2) is 44.0 Å². The van der Waals surface area contributed by atoms with Crippen molar-refractivity contribution in [2.24, 2.45) is 5.73 Å². The minimum Gasteiger partial charge on any atom is -0.462 e. The normalized spacial score (nSPS) is 9.64. The van der Waals surface area contributed by atoms with Crippen molar-refractivity contribution < 1.29 is 19.4 Å². The lowest BCUT2D eigenvalue weighted by molar-refractivity contribution is -0.143. The van der Waals surface area contributed by atoms with E-state index in [0.29, 0.717) is 6.61 Å². The molecular formula is C6H13NO4. The van der Waals surface area contributed by atoms with Crippen LogP contribution >= 0.6 is 0 Å². The van der Waals surface area contributed by atoms with Crippen molar-refractivity contribution in [1.82, 2.24) is 0 Å². The summed E-state index contributed by atoms with van der Waals surface area (Å²) in [6, 6.07) is 0. The number of hydrogen-bond acceptors (Lipinski definition) is 5. The lowest BCUT2D eigenvalue weighted by Crippen LogP contribution is -2.19. The first kappa shape index (κ1) is 10.3. The van der Waals surface area contributed by atoms with E-state index < -0.39 is 5.97 Å². The summed E-state index contributed by atoms with van der Waals surface area (Å²) in [7, 11) is 0. The molecule has 0 aliphatic heterocycles. The van der Waals surface area contributed by atoms with Gasteiger partial charge in [0.15, 0.2) is 0 Å². The molecule has 0 atom stereocenters. The fourth-order valence-electron chi connectivity index (χ4n) is 0.440. The van der Waals surface area contributed by atoms with Gasteiger partial charge in [0.05, 0.1) is 26.4 Å². The Labute approximate surface area is 65.1 Å². The van der Waals surface area contributed by atoms with Crippen LogP contribution in [0.5, 0.6) is 0 Å². The molecular weight excluding hydrogens is 150 g/mol. The van der Waals surface area contributed by atoms with Crippen molar-refractivity contribution in [2.45, 2.75) is 0 Å². The van der Waals surface area contributed by atoms with Crippen molar-refractivity contribution in [3.05, 3.63) is 0 Å². The second kappa shape index (κ2) is 7.46. The molecule has 5 heteroatoms. The summed E-state index contributed by atoms with van der Waals surface area (Å²) in [4.78, 5) is 10.4. The van der Waals surface area contributed by atoms with Crippen LogP contribution in [0.4, 0.5) is 0 Å². The first-order valence-electron chi connectivity index (χ1n) is 3.35. The lowest BCUT2D eigenvalue weighted by atomic mass is 10.6. The minimum atomic E-state index is -0.447. The summed E-state index contributed by atoms with van der Waals surface area (Å²) >= 11 is 0. The smallest absolute Gasteiger partial charge is 0.319 e. The van der Waals surface area contributed by atoms with E-state index in [1.807, 2.05) is 0 Å². The van der Waals surface area contributed by atoms with Crippen LogP contribution in [0.2, 0.25) is 0 Å². The number of hydrogen-bond donors (Lipinski definition) is 2. The highest BCUT2D eigenvalue weighted by Crippen LogP contribution is 1.78. The molecule has 0 aromatic rings. The highest BCUT2D eigenvalue weighted by molar-refractivity contribution is 5.71. The maximum absolute atomic E-state index is 10.4. The first-order chi connectivity index (χ1) is 5.31. The summed E-state index contributed by atoms with van der Waals surface area (Å²) in [5.74, 6) is -0.447. The Kier molecular flexibility index (Phi) is 7.02. The zero-order chi connectivity index (χ0) is 8.53. The van der Waals surface area contributed by atoms with Gasteiger partial charge >= 0.3 is 5.97 Å². The molecule has 3 N–H and O–H groups in total. The predicted molar refractivity (Wildman–Crippen MR) is 37.9 cm³/mol. The Bertz CT molecular complexity index is 107. The van der Waals surface area contributed by atoms with Gasteiger partial charge in [-0.2, -0.15) is 0 Å². The second-order valence-electron chi connectivity index (χ2n) is 1.76. The van der Waals surface area contributed by atoms with Crippen molar-refractivity contribution in [3.8, 4) is 0 Å². The number of aliphatic hydroxyl groups excluding tert-OH is 1. The average molecular weight is 163 g/mol. The van der Waals surface area contributed by atoms with Crippen LogP contribution in [-0.2, 0) is 14.3 Å². The third-order valence-corrected chi connectivity index (χ3v) is 0.893. The van der Waals surface area contributed by atoms with Crippen LogP contribution in [0.1, 0.15) is 0 Å². The number of esters is 1. The number of carbonyl (C=O) groups is 1. The van der Waals surface area contributed by atoms with Gasteiger partial charge in [-0.15, -0.1) is 0 Å². The van der Waals surface area contributed by atoms with Gasteiger partial charge < -0.3 is 20.3 Å². The molecule has 0 aliphatic rings. The van der Waals surface area contributed by atoms with Crippen LogP contribution < -0.4 is 5.73 Å². The van der Waals surface area contributed by atoms with Gasteiger partial charge in [0.1, 0.15) is 6.61 Å². The van der Waals surface area contributed by atoms with E-state index in [1.54, 1.807) is 0 Å². The third kappa shape index (κ3) is 7.24. The standard InChI is InChI=1S/C6H13NO4/c7-5-6(9)11-4-3-10-2-1-8/h8H,1-5,7H2. The largest absolute Gasteiger partial charge is 0.462 e. The molecule has 0 bridgehead atoms. The number of rotatable bonds is 6. The van der Waals surface area contributed by atoms with Crippen LogP contribution in [0.25, 0.3) is 0 Å². The number of carbonyl (C=O) groups excluding carboxylic acids is 1. The minimum absolute atomic E-state index is 0.0230. The van der Waals surface area contributed by atoms with E-state index >= 15 is 0 Å². The Morgan fingerprint density at radius 3 is 2.64 bits per heavy atom. The van der Waals surface area contributed by atoms with E-state index in [1.165, 1.54) is 0 Å². The van der Waals surface area contributed by atoms with Gasteiger partial charge in [-0.05, 0) is 0 Å². The van der Waals surface area contributed by atoms with Crippen molar-refractivity contribution in [2.75, 3.05) is 33.0 Å². The molecule has 0 aliphatic carbocycles. The molecule has 0 spiro atoms. The molecule has 5 nitrogen and oxygen atoms in total. The Balaban J connectivity index is 2.95. The van der Waals surface area contributed by atoms with Gasteiger partial charge in [-0.25, -0.2) is 0 Å². The SMILES string of the molecule is NCC(=O)OCCOCCO. The quantitative estimate of drug-likeness (QED) is 0.368. The van der Waals surface area contributed by atoms with Crippen LogP contribution in [0, 0.1) is 0 Å². The molecule has 0 unspecified atom stereocenters. The van der Waals surface area contributed by atoms with Gasteiger partial charge in [-0.1, -0.05) is 0 Å². The first-order valence-corrected chi connectivity index (χ1v) is 3.35.